The van der Waals surface area contributed by atoms with Crippen LogP contribution in [0.25, 0.3) is 22.6 Å². The van der Waals surface area contributed by atoms with Gasteiger partial charge in [0, 0.05) is 17.4 Å². The van der Waals surface area contributed by atoms with Gasteiger partial charge in [-0.05, 0) is 36.4 Å². The van der Waals surface area contributed by atoms with E-state index in [9.17, 15) is 12.8 Å². The molecule has 3 aromatic carbocycles. The maximum Gasteiger partial charge on any atom is 0.233 e. The Bertz CT molecular complexity index is 1270. The second kappa shape index (κ2) is 8.12. The molecule has 152 valence electrons. The Morgan fingerprint density at radius 3 is 2.23 bits per heavy atom. The molecule has 0 unspecified atom stereocenters. The van der Waals surface area contributed by atoms with E-state index in [2.05, 4.69) is 4.98 Å². The van der Waals surface area contributed by atoms with Crippen molar-refractivity contribution in [2.45, 2.75) is 11.5 Å². The Morgan fingerprint density at radius 2 is 1.57 bits per heavy atom. The predicted molar refractivity (Wildman–Crippen MR) is 111 cm³/mol. The molecule has 0 radical (unpaired) electrons. The molecule has 1 aromatic heterocycles. The Kier molecular flexibility index (Phi) is 5.37. The number of benzene rings is 3. The summed E-state index contributed by atoms with van der Waals surface area (Å²) >= 11 is 0. The summed E-state index contributed by atoms with van der Waals surface area (Å²) in [6.45, 7) is -0.0534. The molecule has 30 heavy (non-hydrogen) atoms. The van der Waals surface area contributed by atoms with E-state index in [0.29, 0.717) is 17.0 Å². The number of hydrogen-bond donors (Lipinski definition) is 0. The molecule has 0 aliphatic heterocycles. The van der Waals surface area contributed by atoms with Gasteiger partial charge in [-0.25, -0.2) is 17.8 Å². The van der Waals surface area contributed by atoms with Gasteiger partial charge in [-0.15, -0.1) is 0 Å². The molecule has 0 N–H and O–H groups in total. The Hall–Kier alpha value is -3.45. The van der Waals surface area contributed by atoms with E-state index in [1.165, 1.54) is 24.3 Å². The Morgan fingerprint density at radius 1 is 0.900 bits per heavy atom. The van der Waals surface area contributed by atoms with Crippen LogP contribution in [0.1, 0.15) is 5.89 Å². The smallest absolute Gasteiger partial charge is 0.233 e. The standard InChI is InChI=1S/C23H18FNO4S/c1-30(26,27)18-13-11-17(12-14-18)23-22(16-7-3-2-4-8-16)25-21(29-23)15-28-20-10-6-5-9-19(20)24/h2-14H,15H2,1H3. The molecule has 4 rings (SSSR count). The first-order chi connectivity index (χ1) is 14.4. The number of ether oxygens (including phenoxy) is 1. The minimum atomic E-state index is -3.30. The van der Waals surface area contributed by atoms with Crippen molar-refractivity contribution in [1.82, 2.24) is 4.98 Å². The average Bonchev–Trinajstić information content (AvgIpc) is 3.18. The quantitative estimate of drug-likeness (QED) is 0.430. The van der Waals surface area contributed by atoms with E-state index in [-0.39, 0.29) is 23.1 Å². The van der Waals surface area contributed by atoms with E-state index in [0.717, 1.165) is 11.8 Å². The van der Waals surface area contributed by atoms with Crippen molar-refractivity contribution >= 4 is 9.84 Å². The van der Waals surface area contributed by atoms with Gasteiger partial charge >= 0.3 is 0 Å². The highest BCUT2D eigenvalue weighted by atomic mass is 32.2. The first kappa shape index (κ1) is 19.8. The minimum absolute atomic E-state index is 0.0534. The fourth-order valence-electron chi connectivity index (χ4n) is 2.97. The summed E-state index contributed by atoms with van der Waals surface area (Å²) in [7, 11) is -3.30. The van der Waals surface area contributed by atoms with Crippen LogP contribution in [0.4, 0.5) is 4.39 Å². The highest BCUT2D eigenvalue weighted by Crippen LogP contribution is 2.33. The monoisotopic (exact) mass is 423 g/mol. The van der Waals surface area contributed by atoms with Gasteiger partial charge in [0.25, 0.3) is 0 Å². The number of nitrogens with zero attached hydrogens (tertiary/aromatic N) is 1. The summed E-state index contributed by atoms with van der Waals surface area (Å²) in [6.07, 6.45) is 1.16. The van der Waals surface area contributed by atoms with Gasteiger partial charge in [-0.1, -0.05) is 42.5 Å². The topological polar surface area (TPSA) is 69.4 Å². The van der Waals surface area contributed by atoms with E-state index in [1.54, 1.807) is 24.3 Å². The molecular formula is C23H18FNO4S. The van der Waals surface area contributed by atoms with Crippen LogP contribution in [0.3, 0.4) is 0 Å². The maximum absolute atomic E-state index is 13.8. The molecule has 0 fully saturated rings. The fraction of sp³-hybridized carbons (Fsp3) is 0.0870. The highest BCUT2D eigenvalue weighted by Gasteiger charge is 2.18. The molecule has 5 nitrogen and oxygen atoms in total. The molecular weight excluding hydrogens is 405 g/mol. The summed E-state index contributed by atoms with van der Waals surface area (Å²) in [5.74, 6) is 0.396. The van der Waals surface area contributed by atoms with E-state index >= 15 is 0 Å². The molecule has 0 atom stereocenters. The second-order valence-electron chi connectivity index (χ2n) is 6.67. The van der Waals surface area contributed by atoms with E-state index in [1.807, 2.05) is 30.3 Å². The lowest BCUT2D eigenvalue weighted by Gasteiger charge is -2.04. The van der Waals surface area contributed by atoms with Crippen LogP contribution in [0.15, 0.2) is 88.2 Å². The number of oxazole rings is 1. The third kappa shape index (κ3) is 4.26. The van der Waals surface area contributed by atoms with Crippen molar-refractivity contribution in [1.29, 1.82) is 0 Å². The lowest BCUT2D eigenvalue weighted by molar-refractivity contribution is 0.253. The molecule has 0 aliphatic rings. The number of rotatable bonds is 6. The third-order valence-corrected chi connectivity index (χ3v) is 5.58. The number of hydrogen-bond acceptors (Lipinski definition) is 5. The Labute approximate surface area is 173 Å². The van der Waals surface area contributed by atoms with Crippen molar-refractivity contribution in [3.8, 4) is 28.3 Å². The molecule has 0 spiro atoms. The van der Waals surface area contributed by atoms with Gasteiger partial charge in [-0.2, -0.15) is 0 Å². The van der Waals surface area contributed by atoms with Gasteiger partial charge in [0.15, 0.2) is 33.8 Å². The number of sulfone groups is 1. The molecule has 0 bridgehead atoms. The molecule has 0 saturated carbocycles. The van der Waals surface area contributed by atoms with E-state index < -0.39 is 15.7 Å². The zero-order valence-electron chi connectivity index (χ0n) is 16.1. The third-order valence-electron chi connectivity index (χ3n) is 4.45. The van der Waals surface area contributed by atoms with Crippen molar-refractivity contribution in [2.75, 3.05) is 6.26 Å². The van der Waals surface area contributed by atoms with Gasteiger partial charge in [0.2, 0.25) is 5.89 Å². The molecule has 0 amide bonds. The number of halogens is 1. The minimum Gasteiger partial charge on any atom is -0.481 e. The van der Waals surface area contributed by atoms with Crippen LogP contribution in [0.2, 0.25) is 0 Å². The second-order valence-corrected chi connectivity index (χ2v) is 8.68. The SMILES string of the molecule is CS(=O)(=O)c1ccc(-c2oc(COc3ccccc3F)nc2-c2ccccc2)cc1. The van der Waals surface area contributed by atoms with Crippen molar-refractivity contribution in [3.63, 3.8) is 0 Å². The summed E-state index contributed by atoms with van der Waals surface area (Å²) in [5, 5.41) is 0. The molecule has 7 heteroatoms. The van der Waals surface area contributed by atoms with Gasteiger partial charge in [0.05, 0.1) is 4.90 Å². The fourth-order valence-corrected chi connectivity index (χ4v) is 3.60. The van der Waals surface area contributed by atoms with Gasteiger partial charge in [0.1, 0.15) is 5.69 Å². The summed E-state index contributed by atoms with van der Waals surface area (Å²) in [5.41, 5.74) is 2.10. The largest absolute Gasteiger partial charge is 0.481 e. The molecule has 0 saturated heterocycles. The van der Waals surface area contributed by atoms with Crippen LogP contribution in [0, 0.1) is 5.82 Å². The lowest BCUT2D eigenvalue weighted by Crippen LogP contribution is -1.97. The molecule has 4 aromatic rings. The molecule has 1 heterocycles. The zero-order valence-corrected chi connectivity index (χ0v) is 16.9. The average molecular weight is 423 g/mol. The van der Waals surface area contributed by atoms with Crippen LogP contribution in [-0.2, 0) is 16.4 Å². The number of para-hydroxylation sites is 1. The van der Waals surface area contributed by atoms with Crippen LogP contribution in [-0.4, -0.2) is 19.7 Å². The summed E-state index contributed by atoms with van der Waals surface area (Å²) in [6, 6.07) is 22.0. The summed E-state index contributed by atoms with van der Waals surface area (Å²) in [4.78, 5) is 4.76. The van der Waals surface area contributed by atoms with Crippen LogP contribution in [0.5, 0.6) is 5.75 Å². The van der Waals surface area contributed by atoms with Crippen molar-refractivity contribution in [3.05, 3.63) is 90.6 Å². The lowest BCUT2D eigenvalue weighted by atomic mass is 10.1. The van der Waals surface area contributed by atoms with Crippen molar-refractivity contribution < 1.29 is 22.0 Å². The van der Waals surface area contributed by atoms with Gasteiger partial charge < -0.3 is 9.15 Å². The highest BCUT2D eigenvalue weighted by molar-refractivity contribution is 7.90. The van der Waals surface area contributed by atoms with Gasteiger partial charge in [-0.3, -0.25) is 0 Å². The van der Waals surface area contributed by atoms with E-state index in [4.69, 9.17) is 9.15 Å². The Balaban J connectivity index is 1.70. The van der Waals surface area contributed by atoms with Crippen LogP contribution >= 0.6 is 0 Å². The number of aromatic nitrogens is 1. The summed E-state index contributed by atoms with van der Waals surface area (Å²) < 4.78 is 48.7. The maximum atomic E-state index is 13.8. The first-order valence-corrected chi connectivity index (χ1v) is 11.0. The van der Waals surface area contributed by atoms with Crippen LogP contribution < -0.4 is 4.74 Å². The first-order valence-electron chi connectivity index (χ1n) is 9.15. The predicted octanol–water partition coefficient (Wildman–Crippen LogP) is 5.13. The normalized spacial score (nSPS) is 11.4. The zero-order chi connectivity index (χ0) is 21.1. The molecule has 0 aliphatic carbocycles. The van der Waals surface area contributed by atoms with Crippen molar-refractivity contribution in [2.24, 2.45) is 0 Å².